The van der Waals surface area contributed by atoms with E-state index in [-0.39, 0.29) is 99.6 Å². The van der Waals surface area contributed by atoms with Crippen LogP contribution < -0.4 is 76.1 Å². The number of para-hydroxylation sites is 1. The number of hydrogen-bond donors (Lipinski definition) is 19. The first-order valence-electron chi connectivity index (χ1n) is 38.6. The van der Waals surface area contributed by atoms with Crippen molar-refractivity contribution in [3.05, 3.63) is 154 Å². The third kappa shape index (κ3) is 28.0. The van der Waals surface area contributed by atoms with E-state index in [4.69, 9.17) is 22.9 Å². The number of amides is 11. The number of H-pyrrole nitrogens is 1. The van der Waals surface area contributed by atoms with E-state index in [2.05, 4.69) is 58.2 Å². The van der Waals surface area contributed by atoms with E-state index in [1.54, 1.807) is 121 Å². The molecule has 7 rings (SSSR count). The molecule has 116 heavy (non-hydrogen) atoms. The lowest BCUT2D eigenvalue weighted by molar-refractivity contribution is -0.138. The van der Waals surface area contributed by atoms with Crippen LogP contribution in [0.4, 0.5) is 0 Å². The van der Waals surface area contributed by atoms with Gasteiger partial charge in [0, 0.05) is 55.7 Å². The van der Waals surface area contributed by atoms with Crippen LogP contribution in [0.5, 0.6) is 0 Å². The second-order valence-electron chi connectivity index (χ2n) is 28.8. The van der Waals surface area contributed by atoms with Crippen LogP contribution in [0.15, 0.2) is 131 Å². The molecular formula is C80H108N16O18S2. The van der Waals surface area contributed by atoms with Gasteiger partial charge in [-0.3, -0.25) is 67.6 Å². The number of rotatable bonds is 29. The Bertz CT molecular complexity index is 4250. The SMILES string of the molecule is CC(=O)CCCCCN1C(=O)C2=C1SC(O)C(=O)[C@H](CO)NC(=O)[C@H]([C@@H](C)O)NC(=O)[C@H](Cc1ccccc1)NC(=O)[C@H]([C@@H](C)O)NC(=O)[C@H](CCCCN)NC(=O)[C@H](Cc1c[nH]c3ccccc13)NC(=O)[C@H](Cc1ccccc1)NC(=O)[C@H](Cc1ccccc1)NC(=O)[C@H](CC(N)=O)NC(=O)[C@H](CCCCN)NC(C(=O)[C@H](C)N)S2. The standard InChI is InChI=1S/C80H108N16O18S2/c1-44(98)23-9-8-22-36-96-78(113)67-79(96)116-80(114)66(103)61(43-97)92-76(112)64(47(4)100)95-74(110)58(39-50-28-14-7-15-29-50)91-75(111)63(46(3)99)94-69(105)54(32-18-20-34-81)86-72(108)59(40-51-42-85-53-31-17-16-30-52(51)53)89-71(107)57(38-49-26-12-6-13-27-49)87-70(106)56(37-48-24-10-5-11-25-48)88-73(109)60(41-62(84)101)90-68(104)55(33-19-21-35-82)93-77(115-67)65(102)45(2)83/h5-7,10-17,24-31,42,45-47,54-61,63-64,77,80,85,93,97,99-100,114H,8-9,18-23,32-41,43,81-83H2,1-4H3,(H2,84,101)(H,86,108)(H,87,106)(H,88,109)(H,89,107)(H,90,104)(H,91,111)(H,92,112)(H,94,105)(H,95,110)/t45-,46+,47+,54-,55-,56-,57-,58-,59-,60-,61-,63-,64-,77?,80?/m0/s1. The monoisotopic (exact) mass is 1640 g/mol. The summed E-state index contributed by atoms with van der Waals surface area (Å²) in [6.07, 6.45) is -1.82. The van der Waals surface area contributed by atoms with Gasteiger partial charge in [0.25, 0.3) is 5.91 Å². The summed E-state index contributed by atoms with van der Waals surface area (Å²) in [5, 5.41) is 70.2. The van der Waals surface area contributed by atoms with E-state index in [9.17, 15) is 63.6 Å². The number of benzene rings is 4. The van der Waals surface area contributed by atoms with Gasteiger partial charge in [-0.05, 0) is 114 Å². The predicted molar refractivity (Wildman–Crippen MR) is 433 cm³/mol. The smallest absolute Gasteiger partial charge is 0.267 e. The molecule has 0 spiro atoms. The largest absolute Gasteiger partial charge is 0.394 e. The second kappa shape index (κ2) is 46.5. The second-order valence-corrected chi connectivity index (χ2v) is 31.0. The zero-order valence-electron chi connectivity index (χ0n) is 65.2. The highest BCUT2D eigenvalue weighted by molar-refractivity contribution is 8.08. The molecule has 3 heterocycles. The maximum atomic E-state index is 15.4. The number of primary amides is 1. The molecule has 0 radical (unpaired) electrons. The summed E-state index contributed by atoms with van der Waals surface area (Å²) in [7, 11) is 0. The van der Waals surface area contributed by atoms with Crippen LogP contribution in [0.3, 0.4) is 0 Å². The van der Waals surface area contributed by atoms with Crippen LogP contribution in [0, 0.1) is 0 Å². The number of nitrogens with two attached hydrogens (primary N) is 4. The summed E-state index contributed by atoms with van der Waals surface area (Å²) in [6.45, 7) is 4.00. The summed E-state index contributed by atoms with van der Waals surface area (Å²) in [6, 6.07) is 13.3. The average molecular weight is 1650 g/mol. The number of unbranched alkanes of at least 4 members (excludes halogenated alkanes) is 4. The molecule has 34 nitrogen and oxygen atoms in total. The number of nitrogens with zero attached hydrogens (tertiary/aromatic N) is 1. The van der Waals surface area contributed by atoms with Gasteiger partial charge in [-0.25, -0.2) is 0 Å². The predicted octanol–water partition coefficient (Wildman–Crippen LogP) is -1.58. The van der Waals surface area contributed by atoms with Crippen molar-refractivity contribution < 1.29 is 87.5 Å². The van der Waals surface area contributed by atoms with Crippen LogP contribution in [-0.4, -0.2) is 228 Å². The molecule has 2 aliphatic heterocycles. The first-order chi connectivity index (χ1) is 55.4. The number of hydrogen-bond acceptors (Lipinski definition) is 24. The number of nitrogens with one attached hydrogen (secondary N) is 11. The molecule has 2 unspecified atom stereocenters. The first-order valence-corrected chi connectivity index (χ1v) is 40.4. The highest BCUT2D eigenvalue weighted by Crippen LogP contribution is 2.44. The lowest BCUT2D eigenvalue weighted by atomic mass is 10.00. The van der Waals surface area contributed by atoms with E-state index in [1.807, 2.05) is 0 Å². The zero-order valence-corrected chi connectivity index (χ0v) is 66.9. The Morgan fingerprint density at radius 3 is 1.39 bits per heavy atom. The molecule has 36 heteroatoms. The quantitative estimate of drug-likeness (QED) is 0.0240. The molecule has 5 aromatic rings. The molecule has 11 amide bonds. The molecule has 0 aliphatic carbocycles. The van der Waals surface area contributed by atoms with Crippen LogP contribution in [-0.2, 0) is 92.8 Å². The highest BCUT2D eigenvalue weighted by atomic mass is 32.2. The Morgan fingerprint density at radius 2 is 0.914 bits per heavy atom. The molecule has 0 saturated carbocycles. The van der Waals surface area contributed by atoms with E-state index in [1.165, 1.54) is 18.7 Å². The van der Waals surface area contributed by atoms with Crippen molar-refractivity contribution in [3.8, 4) is 0 Å². The first kappa shape index (κ1) is 92.9. The van der Waals surface area contributed by atoms with E-state index in [0.29, 0.717) is 82.4 Å². The van der Waals surface area contributed by atoms with E-state index < -0.39 is 179 Å². The Kier molecular flexibility index (Phi) is 37.2. The maximum Gasteiger partial charge on any atom is 0.267 e. The third-order valence-corrected chi connectivity index (χ3v) is 21.8. The Balaban J connectivity index is 1.36. The molecule has 2 aliphatic rings. The number of ketones is 3. The minimum absolute atomic E-state index is 0.0620. The summed E-state index contributed by atoms with van der Waals surface area (Å²) >= 11 is 0.918. The lowest BCUT2D eigenvalue weighted by Gasteiger charge is -2.38. The average Bonchev–Trinajstić information content (AvgIpc) is 0.940. The molecule has 0 bridgehead atoms. The number of aromatic amines is 1. The fourth-order valence-corrected chi connectivity index (χ4v) is 15.4. The molecule has 0 saturated heterocycles. The van der Waals surface area contributed by atoms with Crippen molar-refractivity contribution in [2.45, 2.75) is 213 Å². The highest BCUT2D eigenvalue weighted by Gasteiger charge is 2.45. The van der Waals surface area contributed by atoms with E-state index in [0.717, 1.165) is 13.8 Å². The van der Waals surface area contributed by atoms with Gasteiger partial charge in [-0.1, -0.05) is 146 Å². The minimum Gasteiger partial charge on any atom is -0.394 e. The van der Waals surface area contributed by atoms with Gasteiger partial charge in [0.2, 0.25) is 59.1 Å². The van der Waals surface area contributed by atoms with Gasteiger partial charge >= 0.3 is 0 Å². The van der Waals surface area contributed by atoms with Gasteiger partial charge < -0.3 is 106 Å². The van der Waals surface area contributed by atoms with Gasteiger partial charge in [0.05, 0.1) is 37.3 Å². The normalized spacial score (nSPS) is 24.1. The number of Topliss-reactive ketones (excluding diaryl/α,β-unsaturated/α-hetero) is 3. The zero-order chi connectivity index (χ0) is 84.7. The molecule has 15 atom stereocenters. The fraction of sp³-hybridized carbons (Fsp3) is 0.475. The van der Waals surface area contributed by atoms with E-state index >= 15 is 24.0 Å². The Labute approximate surface area is 680 Å². The topological polar surface area (TPSA) is 563 Å². The Hall–Kier alpha value is -10.3. The third-order valence-electron chi connectivity index (χ3n) is 19.4. The van der Waals surface area contributed by atoms with Crippen LogP contribution in [0.2, 0.25) is 0 Å². The number of aromatic nitrogens is 1. The van der Waals surface area contributed by atoms with Crippen molar-refractivity contribution in [3.63, 3.8) is 0 Å². The van der Waals surface area contributed by atoms with Crippen molar-refractivity contribution in [2.24, 2.45) is 22.9 Å². The van der Waals surface area contributed by atoms with Crippen molar-refractivity contribution >= 4 is 117 Å². The number of carbonyl (C=O) groups excluding carboxylic acids is 14. The van der Waals surface area contributed by atoms with Crippen LogP contribution in [0.1, 0.15) is 121 Å². The van der Waals surface area contributed by atoms with Crippen molar-refractivity contribution in [1.29, 1.82) is 0 Å². The van der Waals surface area contributed by atoms with Gasteiger partial charge in [0.15, 0.2) is 17.0 Å². The molecule has 23 N–H and O–H groups in total. The van der Waals surface area contributed by atoms with Gasteiger partial charge in [-0.15, -0.1) is 0 Å². The molecular weight excluding hydrogens is 1540 g/mol. The van der Waals surface area contributed by atoms with Crippen molar-refractivity contribution in [1.82, 2.24) is 63.1 Å². The van der Waals surface area contributed by atoms with Gasteiger partial charge in [-0.2, -0.15) is 0 Å². The molecule has 628 valence electrons. The summed E-state index contributed by atoms with van der Waals surface area (Å²) in [5.41, 5.74) is 24.2. The lowest BCUT2D eigenvalue weighted by Crippen LogP contribution is -2.63. The van der Waals surface area contributed by atoms with Crippen molar-refractivity contribution in [2.75, 3.05) is 26.2 Å². The summed E-state index contributed by atoms with van der Waals surface area (Å²) in [5.74, 6) is -13.7. The number of carbonyl (C=O) groups is 14. The molecule has 0 fully saturated rings. The fourth-order valence-electron chi connectivity index (χ4n) is 12.9. The number of aliphatic hydroxyl groups excluding tert-OH is 4. The minimum atomic E-state index is -2.26. The van der Waals surface area contributed by atoms with Gasteiger partial charge in [0.1, 0.15) is 75.5 Å². The summed E-state index contributed by atoms with van der Waals surface area (Å²) in [4.78, 5) is 207. The number of aliphatic hydroxyl groups is 4. The van der Waals surface area contributed by atoms with Crippen LogP contribution in [0.25, 0.3) is 10.9 Å². The van der Waals surface area contributed by atoms with Crippen LogP contribution >= 0.6 is 23.5 Å². The number of thioether (sulfide) groups is 2. The summed E-state index contributed by atoms with van der Waals surface area (Å²) < 4.78 is 0. The maximum absolute atomic E-state index is 15.4. The molecule has 1 aromatic heterocycles. The number of fused-ring (bicyclic) bond motifs is 1. The molecule has 4 aromatic carbocycles. The Morgan fingerprint density at radius 1 is 0.491 bits per heavy atom.